The number of para-hydroxylation sites is 2. The summed E-state index contributed by atoms with van der Waals surface area (Å²) in [5.41, 5.74) is 13.6. The van der Waals surface area contributed by atoms with Gasteiger partial charge in [0, 0.05) is 69.7 Å². The molecule has 356 valence electrons. The van der Waals surface area contributed by atoms with Crippen LogP contribution in [0.5, 0.6) is 0 Å². The number of thiophene rings is 1. The average molecular weight is 988 g/mol. The molecule has 0 aliphatic heterocycles. The van der Waals surface area contributed by atoms with Gasteiger partial charge in [-0.15, -0.1) is 11.3 Å². The molecule has 4 aromatic heterocycles. The Morgan fingerprint density at radius 3 is 1.82 bits per heavy atom. The van der Waals surface area contributed by atoms with E-state index in [1.807, 2.05) is 23.5 Å². The molecule has 0 amide bonds. The summed E-state index contributed by atoms with van der Waals surface area (Å²) in [6.45, 7) is 2.19. The molecule has 4 nitrogen and oxygen atoms in total. The van der Waals surface area contributed by atoms with E-state index in [-0.39, 0.29) is 0 Å². The summed E-state index contributed by atoms with van der Waals surface area (Å²) in [7, 11) is 0. The van der Waals surface area contributed by atoms with Gasteiger partial charge in [0.15, 0.2) is 5.82 Å². The van der Waals surface area contributed by atoms with Crippen LogP contribution in [0.15, 0.2) is 235 Å². The molecule has 0 saturated heterocycles. The number of fused-ring (bicyclic) bond motifs is 14. The summed E-state index contributed by atoms with van der Waals surface area (Å²) < 4.78 is 11.4. The van der Waals surface area contributed by atoms with Crippen LogP contribution in [0.25, 0.3) is 147 Å². The highest BCUT2D eigenvalue weighted by molar-refractivity contribution is 7.26. The second-order valence-electron chi connectivity index (χ2n) is 20.4. The minimum Gasteiger partial charge on any atom is -0.456 e. The van der Waals surface area contributed by atoms with Gasteiger partial charge in [0.1, 0.15) is 11.2 Å². The van der Waals surface area contributed by atoms with Gasteiger partial charge < -0.3 is 8.98 Å². The maximum atomic E-state index is 6.57. The minimum absolute atomic E-state index is 0.674. The first-order valence-electron chi connectivity index (χ1n) is 26.2. The largest absolute Gasteiger partial charge is 0.456 e. The van der Waals surface area contributed by atoms with Crippen LogP contribution in [0.1, 0.15) is 16.7 Å². The van der Waals surface area contributed by atoms with Gasteiger partial charge in [0.05, 0.1) is 22.4 Å². The van der Waals surface area contributed by atoms with Crippen molar-refractivity contribution in [3.63, 3.8) is 0 Å². The average Bonchev–Trinajstić information content (AvgIpc) is 4.22. The van der Waals surface area contributed by atoms with Crippen LogP contribution in [-0.4, -0.2) is 14.5 Å². The minimum atomic E-state index is 0.674. The van der Waals surface area contributed by atoms with E-state index in [0.717, 1.165) is 90.5 Å². The molecule has 76 heavy (non-hydrogen) atoms. The number of benzene rings is 12. The van der Waals surface area contributed by atoms with Crippen molar-refractivity contribution in [1.82, 2.24) is 14.5 Å². The van der Waals surface area contributed by atoms with Crippen LogP contribution < -0.4 is 0 Å². The van der Waals surface area contributed by atoms with E-state index in [0.29, 0.717) is 5.82 Å². The fourth-order valence-corrected chi connectivity index (χ4v) is 13.5. The normalized spacial score (nSPS) is 12.1. The fourth-order valence-electron chi connectivity index (χ4n) is 12.3. The number of hydrogen-bond acceptors (Lipinski definition) is 4. The molecule has 0 saturated carbocycles. The quantitative estimate of drug-likeness (QED) is 0.149. The Morgan fingerprint density at radius 2 is 1.03 bits per heavy atom. The number of furan rings is 1. The number of nitrogens with zero attached hydrogens (tertiary/aromatic N) is 3. The lowest BCUT2D eigenvalue weighted by Gasteiger charge is -2.17. The molecule has 0 spiro atoms. The molecule has 5 heteroatoms. The lowest BCUT2D eigenvalue weighted by molar-refractivity contribution is 0.669. The van der Waals surface area contributed by atoms with E-state index < -0.39 is 0 Å². The van der Waals surface area contributed by atoms with Gasteiger partial charge in [-0.05, 0) is 141 Å². The van der Waals surface area contributed by atoms with E-state index >= 15 is 0 Å². The smallest absolute Gasteiger partial charge is 0.161 e. The van der Waals surface area contributed by atoms with Crippen molar-refractivity contribution in [3.05, 3.63) is 247 Å². The van der Waals surface area contributed by atoms with E-state index in [1.54, 1.807) is 0 Å². The first-order chi connectivity index (χ1) is 37.5. The first kappa shape index (κ1) is 43.0. The molecule has 0 N–H and O–H groups in total. The van der Waals surface area contributed by atoms with Crippen LogP contribution in [0.3, 0.4) is 0 Å². The van der Waals surface area contributed by atoms with Crippen LogP contribution in [0.4, 0.5) is 0 Å². The SMILES string of the molecule is Cc1c(-c2ccc3c(c2)oc2ccccc23)nc(-c2cc(-n3c4ccccc4c4cc5ccccc5cc43)cc3sc4cc5ccccc5cc4c23)nc1-c1ccc2c(CCc3ccccc3)cc3ccccc3c2c1. The second-order valence-corrected chi connectivity index (χ2v) is 21.5. The van der Waals surface area contributed by atoms with Crippen LogP contribution >= 0.6 is 11.3 Å². The molecule has 4 heterocycles. The monoisotopic (exact) mass is 987 g/mol. The highest BCUT2D eigenvalue weighted by Crippen LogP contribution is 2.46. The Hall–Kier alpha value is -9.42. The topological polar surface area (TPSA) is 43.9 Å². The summed E-state index contributed by atoms with van der Waals surface area (Å²) in [5.74, 6) is 0.674. The van der Waals surface area contributed by atoms with E-state index in [9.17, 15) is 0 Å². The van der Waals surface area contributed by atoms with Crippen molar-refractivity contribution in [2.45, 2.75) is 19.8 Å². The van der Waals surface area contributed by atoms with E-state index in [4.69, 9.17) is 14.4 Å². The van der Waals surface area contributed by atoms with Crippen LogP contribution in [0, 0.1) is 6.92 Å². The fraction of sp³-hybridized carbons (Fsp3) is 0.0423. The molecule has 0 radical (unpaired) electrons. The van der Waals surface area contributed by atoms with Crippen molar-refractivity contribution in [1.29, 1.82) is 0 Å². The van der Waals surface area contributed by atoms with Gasteiger partial charge >= 0.3 is 0 Å². The summed E-state index contributed by atoms with van der Waals surface area (Å²) in [4.78, 5) is 11.6. The summed E-state index contributed by atoms with van der Waals surface area (Å²) in [6, 6.07) is 84.3. The Balaban J connectivity index is 0.987. The third-order valence-corrected chi connectivity index (χ3v) is 17.1. The Labute approximate surface area is 441 Å². The highest BCUT2D eigenvalue weighted by Gasteiger charge is 2.24. The molecule has 0 bridgehead atoms. The summed E-state index contributed by atoms with van der Waals surface area (Å²) in [6.07, 6.45) is 1.91. The van der Waals surface area contributed by atoms with Gasteiger partial charge in [0.25, 0.3) is 0 Å². The summed E-state index contributed by atoms with van der Waals surface area (Å²) in [5, 5.41) is 16.8. The van der Waals surface area contributed by atoms with E-state index in [1.165, 1.54) is 79.8 Å². The number of aromatic nitrogens is 3. The number of aryl methyl sites for hydroxylation is 2. The molecule has 12 aromatic carbocycles. The standard InChI is InChI=1S/C71H45N3OS/c1-42-69(50-29-31-54-49(28-27-43-15-3-2-4-16-43)33-48-21-9-10-22-53(48)58(54)36-50)72-71(73-70(42)51-30-32-57-56-24-12-14-26-64(56)75-65(57)38-51)61-40-52(41-67-68(61)60-35-45-18-6-8-20-47(45)39-66(60)76-67)74-62-25-13-11-23-55(62)59-34-44-17-5-7-19-46(44)37-63(59)74/h2-26,29-41H,27-28H2,1H3. The second kappa shape index (κ2) is 16.8. The lowest BCUT2D eigenvalue weighted by Crippen LogP contribution is -2.02. The van der Waals surface area contributed by atoms with Crippen molar-refractivity contribution in [2.75, 3.05) is 0 Å². The summed E-state index contributed by atoms with van der Waals surface area (Å²) >= 11 is 1.84. The molecule has 16 aromatic rings. The van der Waals surface area contributed by atoms with Gasteiger partial charge in [-0.25, -0.2) is 9.97 Å². The molecule has 0 atom stereocenters. The third kappa shape index (κ3) is 6.76. The first-order valence-corrected chi connectivity index (χ1v) is 27.0. The Morgan fingerprint density at radius 1 is 0.408 bits per heavy atom. The molecule has 0 fully saturated rings. The van der Waals surface area contributed by atoms with Gasteiger partial charge in [0.2, 0.25) is 0 Å². The molecular formula is C71H45N3OS. The van der Waals surface area contributed by atoms with Crippen LogP contribution in [-0.2, 0) is 12.8 Å². The van der Waals surface area contributed by atoms with Crippen LogP contribution in [0.2, 0.25) is 0 Å². The zero-order valence-corrected chi connectivity index (χ0v) is 42.3. The number of rotatable bonds is 7. The maximum absolute atomic E-state index is 6.57. The molecule has 0 aliphatic carbocycles. The van der Waals surface area contributed by atoms with Gasteiger partial charge in [-0.2, -0.15) is 0 Å². The van der Waals surface area contributed by atoms with Gasteiger partial charge in [-0.1, -0.05) is 164 Å². The Kier molecular flexibility index (Phi) is 9.51. The zero-order chi connectivity index (χ0) is 50.0. The predicted molar refractivity (Wildman–Crippen MR) is 321 cm³/mol. The van der Waals surface area contributed by atoms with Crippen molar-refractivity contribution in [3.8, 4) is 39.6 Å². The zero-order valence-electron chi connectivity index (χ0n) is 41.5. The highest BCUT2D eigenvalue weighted by atomic mass is 32.1. The predicted octanol–water partition coefficient (Wildman–Crippen LogP) is 19.5. The van der Waals surface area contributed by atoms with Crippen molar-refractivity contribution in [2.24, 2.45) is 0 Å². The maximum Gasteiger partial charge on any atom is 0.161 e. The molecule has 0 aliphatic rings. The lowest BCUT2D eigenvalue weighted by atomic mass is 9.91. The Bertz CT molecular complexity index is 5080. The molecule has 0 unspecified atom stereocenters. The molecule has 16 rings (SSSR count). The van der Waals surface area contributed by atoms with E-state index in [2.05, 4.69) is 230 Å². The van der Waals surface area contributed by atoms with Crippen molar-refractivity contribution < 1.29 is 4.42 Å². The van der Waals surface area contributed by atoms with Gasteiger partial charge in [-0.3, -0.25) is 0 Å². The number of hydrogen-bond donors (Lipinski definition) is 0. The van der Waals surface area contributed by atoms with Crippen molar-refractivity contribution >= 4 is 118 Å². The molecular weight excluding hydrogens is 943 g/mol. The third-order valence-electron chi connectivity index (χ3n) is 16.0.